The average Bonchev–Trinajstić information content (AvgIpc) is 2.82. The highest BCUT2D eigenvalue weighted by Gasteiger charge is 2.53. The standard InChI is InChI=1S/C13H21N5O3/c1-6-15-11(14)18-12(16-6)17-8-4-7(5-19)9-10(8)21-13(2,3)20-9/h7-10,19H,4-5H2,1-3H3,(H3,14,15,16,17,18)/t7-,8-,9-,10+/m1/s1. The van der Waals surface area contributed by atoms with E-state index in [1.165, 1.54) is 0 Å². The Morgan fingerprint density at radius 2 is 2.00 bits per heavy atom. The fourth-order valence-electron chi connectivity index (χ4n) is 3.14. The number of anilines is 2. The van der Waals surface area contributed by atoms with Gasteiger partial charge >= 0.3 is 0 Å². The Kier molecular flexibility index (Phi) is 3.46. The number of aromatic nitrogens is 3. The number of nitrogens with zero attached hydrogens (tertiary/aromatic N) is 3. The fourth-order valence-corrected chi connectivity index (χ4v) is 3.14. The monoisotopic (exact) mass is 295 g/mol. The van der Waals surface area contributed by atoms with E-state index in [4.69, 9.17) is 15.2 Å². The predicted molar refractivity (Wildman–Crippen MR) is 75.4 cm³/mol. The number of ether oxygens (including phenoxy) is 2. The van der Waals surface area contributed by atoms with Crippen LogP contribution in [0.2, 0.25) is 0 Å². The molecule has 4 atom stereocenters. The number of aliphatic hydroxyl groups is 1. The van der Waals surface area contributed by atoms with E-state index in [1.54, 1.807) is 6.92 Å². The largest absolute Gasteiger partial charge is 0.396 e. The summed E-state index contributed by atoms with van der Waals surface area (Å²) in [5.41, 5.74) is 5.64. The summed E-state index contributed by atoms with van der Waals surface area (Å²) in [6.45, 7) is 5.58. The van der Waals surface area contributed by atoms with Crippen molar-refractivity contribution in [2.45, 2.75) is 51.2 Å². The molecular formula is C13H21N5O3. The molecule has 1 saturated heterocycles. The van der Waals surface area contributed by atoms with Crippen LogP contribution in [0.25, 0.3) is 0 Å². The first-order valence-corrected chi connectivity index (χ1v) is 7.09. The summed E-state index contributed by atoms with van der Waals surface area (Å²) in [5, 5.41) is 12.8. The van der Waals surface area contributed by atoms with E-state index >= 15 is 0 Å². The molecule has 1 aromatic rings. The van der Waals surface area contributed by atoms with Gasteiger partial charge in [-0.1, -0.05) is 0 Å². The van der Waals surface area contributed by atoms with Gasteiger partial charge in [-0.15, -0.1) is 0 Å². The van der Waals surface area contributed by atoms with Crippen LogP contribution in [-0.2, 0) is 9.47 Å². The third kappa shape index (κ3) is 2.78. The molecule has 0 bridgehead atoms. The minimum atomic E-state index is -0.642. The molecule has 2 heterocycles. The number of nitrogens with two attached hydrogens (primary N) is 1. The van der Waals surface area contributed by atoms with Crippen molar-refractivity contribution in [1.82, 2.24) is 15.0 Å². The molecular weight excluding hydrogens is 274 g/mol. The SMILES string of the molecule is Cc1nc(N)nc(N[C@@H]2C[C@H](CO)[C@H]3OC(C)(C)O[C@H]32)n1. The van der Waals surface area contributed by atoms with Gasteiger partial charge in [-0.25, -0.2) is 0 Å². The van der Waals surface area contributed by atoms with Crippen LogP contribution >= 0.6 is 0 Å². The third-order valence-corrected chi connectivity index (χ3v) is 3.89. The summed E-state index contributed by atoms with van der Waals surface area (Å²) in [6, 6.07) is -0.0323. The van der Waals surface area contributed by atoms with Crippen molar-refractivity contribution in [1.29, 1.82) is 0 Å². The summed E-state index contributed by atoms with van der Waals surface area (Å²) in [4.78, 5) is 12.3. The van der Waals surface area contributed by atoms with Crippen LogP contribution in [0.3, 0.4) is 0 Å². The van der Waals surface area contributed by atoms with Gasteiger partial charge in [0.1, 0.15) is 11.9 Å². The molecule has 3 rings (SSSR count). The second-order valence-electron chi connectivity index (χ2n) is 6.06. The first kappa shape index (κ1) is 14.4. The Morgan fingerprint density at radius 1 is 1.29 bits per heavy atom. The normalized spacial score (nSPS) is 33.9. The lowest BCUT2D eigenvalue weighted by Gasteiger charge is -2.23. The highest BCUT2D eigenvalue weighted by Crippen LogP contribution is 2.42. The zero-order valence-electron chi connectivity index (χ0n) is 12.4. The number of aliphatic hydroxyl groups excluding tert-OH is 1. The van der Waals surface area contributed by atoms with E-state index in [2.05, 4.69) is 20.3 Å². The van der Waals surface area contributed by atoms with Crippen LogP contribution in [0.15, 0.2) is 0 Å². The molecule has 1 aliphatic carbocycles. The summed E-state index contributed by atoms with van der Waals surface area (Å²) in [6.07, 6.45) is 0.463. The van der Waals surface area contributed by atoms with Crippen LogP contribution in [0, 0.1) is 12.8 Å². The Bertz CT molecular complexity index is 518. The van der Waals surface area contributed by atoms with Gasteiger partial charge in [-0.3, -0.25) is 0 Å². The van der Waals surface area contributed by atoms with Gasteiger partial charge in [0.05, 0.1) is 12.1 Å². The van der Waals surface area contributed by atoms with E-state index in [-0.39, 0.29) is 36.7 Å². The molecule has 8 heteroatoms. The third-order valence-electron chi connectivity index (χ3n) is 3.89. The Labute approximate surface area is 123 Å². The molecule has 21 heavy (non-hydrogen) atoms. The van der Waals surface area contributed by atoms with Gasteiger partial charge in [-0.05, 0) is 27.2 Å². The van der Waals surface area contributed by atoms with Crippen LogP contribution in [0.1, 0.15) is 26.1 Å². The van der Waals surface area contributed by atoms with E-state index in [1.807, 2.05) is 13.8 Å². The fraction of sp³-hybridized carbons (Fsp3) is 0.769. The molecule has 2 fully saturated rings. The van der Waals surface area contributed by atoms with Crippen molar-refractivity contribution in [2.75, 3.05) is 17.7 Å². The Hall–Kier alpha value is -1.51. The van der Waals surface area contributed by atoms with E-state index in [0.717, 1.165) is 6.42 Å². The van der Waals surface area contributed by atoms with Crippen molar-refractivity contribution in [2.24, 2.45) is 5.92 Å². The zero-order valence-corrected chi connectivity index (χ0v) is 12.4. The maximum absolute atomic E-state index is 9.53. The van der Waals surface area contributed by atoms with Gasteiger partial charge in [-0.2, -0.15) is 15.0 Å². The highest BCUT2D eigenvalue weighted by atomic mass is 16.8. The maximum atomic E-state index is 9.53. The molecule has 0 spiro atoms. The van der Waals surface area contributed by atoms with Gasteiger partial charge < -0.3 is 25.6 Å². The number of nitrogens with one attached hydrogen (secondary N) is 1. The van der Waals surface area contributed by atoms with E-state index in [9.17, 15) is 5.11 Å². The molecule has 8 nitrogen and oxygen atoms in total. The molecule has 1 aliphatic heterocycles. The van der Waals surface area contributed by atoms with Crippen molar-refractivity contribution < 1.29 is 14.6 Å². The quantitative estimate of drug-likeness (QED) is 0.718. The molecule has 2 aliphatic rings. The minimum Gasteiger partial charge on any atom is -0.396 e. The van der Waals surface area contributed by atoms with E-state index < -0.39 is 5.79 Å². The minimum absolute atomic E-state index is 0.0323. The first-order chi connectivity index (χ1) is 9.88. The molecule has 0 aromatic carbocycles. The molecule has 116 valence electrons. The number of aryl methyl sites for hydroxylation is 1. The highest BCUT2D eigenvalue weighted by molar-refractivity contribution is 5.33. The van der Waals surface area contributed by atoms with Crippen LogP contribution in [0.5, 0.6) is 0 Å². The smallest absolute Gasteiger partial charge is 0.228 e. The summed E-state index contributed by atoms with van der Waals surface area (Å²) >= 11 is 0. The lowest BCUT2D eigenvalue weighted by molar-refractivity contribution is -0.158. The molecule has 0 amide bonds. The number of hydrogen-bond acceptors (Lipinski definition) is 8. The molecule has 4 N–H and O–H groups in total. The Morgan fingerprint density at radius 3 is 2.67 bits per heavy atom. The van der Waals surface area contributed by atoms with Crippen molar-refractivity contribution in [3.63, 3.8) is 0 Å². The number of fused-ring (bicyclic) bond motifs is 1. The molecule has 1 aromatic heterocycles. The molecule has 0 radical (unpaired) electrons. The van der Waals surface area contributed by atoms with Crippen LogP contribution in [-0.4, -0.2) is 50.7 Å². The molecule has 1 saturated carbocycles. The number of nitrogen functional groups attached to an aromatic ring is 1. The van der Waals surface area contributed by atoms with E-state index in [0.29, 0.717) is 11.8 Å². The van der Waals surface area contributed by atoms with Gasteiger partial charge in [0.15, 0.2) is 5.79 Å². The average molecular weight is 295 g/mol. The lowest BCUT2D eigenvalue weighted by Crippen LogP contribution is -2.35. The number of rotatable bonds is 3. The topological polar surface area (TPSA) is 115 Å². The van der Waals surface area contributed by atoms with Gasteiger partial charge in [0.2, 0.25) is 11.9 Å². The van der Waals surface area contributed by atoms with Gasteiger partial charge in [0, 0.05) is 12.5 Å². The predicted octanol–water partition coefficient (Wildman–Crippen LogP) is 0.0750. The van der Waals surface area contributed by atoms with Crippen LogP contribution in [0.4, 0.5) is 11.9 Å². The van der Waals surface area contributed by atoms with Crippen molar-refractivity contribution >= 4 is 11.9 Å². The second-order valence-corrected chi connectivity index (χ2v) is 6.06. The Balaban J connectivity index is 1.79. The number of hydrogen-bond donors (Lipinski definition) is 3. The van der Waals surface area contributed by atoms with Crippen LogP contribution < -0.4 is 11.1 Å². The first-order valence-electron chi connectivity index (χ1n) is 7.09. The second kappa shape index (κ2) is 5.04. The maximum Gasteiger partial charge on any atom is 0.228 e. The summed E-state index contributed by atoms with van der Waals surface area (Å²) in [7, 11) is 0. The molecule has 0 unspecified atom stereocenters. The van der Waals surface area contributed by atoms with Gasteiger partial charge in [0.25, 0.3) is 0 Å². The zero-order chi connectivity index (χ0) is 15.2. The van der Waals surface area contributed by atoms with Crippen molar-refractivity contribution in [3.05, 3.63) is 5.82 Å². The lowest BCUT2D eigenvalue weighted by atomic mass is 10.1. The summed E-state index contributed by atoms with van der Waals surface area (Å²) < 4.78 is 11.8. The van der Waals surface area contributed by atoms with Crippen molar-refractivity contribution in [3.8, 4) is 0 Å². The summed E-state index contributed by atoms with van der Waals surface area (Å²) in [5.74, 6) is 0.562.